The van der Waals surface area contributed by atoms with Gasteiger partial charge in [-0.05, 0) is 30.7 Å². The van der Waals surface area contributed by atoms with E-state index >= 15 is 0 Å². The second kappa shape index (κ2) is 7.26. The van der Waals surface area contributed by atoms with Crippen molar-refractivity contribution in [2.45, 2.75) is 6.92 Å². The summed E-state index contributed by atoms with van der Waals surface area (Å²) in [6.45, 7) is 1.74. The number of nitro benzene ring substituents is 1. The van der Waals surface area contributed by atoms with Gasteiger partial charge in [0.15, 0.2) is 0 Å². The Bertz CT molecular complexity index is 784. The number of carbonyl (C=O) groups excluding carboxylic acids is 1. The van der Waals surface area contributed by atoms with Crippen LogP contribution in [0.5, 0.6) is 0 Å². The van der Waals surface area contributed by atoms with Gasteiger partial charge in [-0.25, -0.2) is 0 Å². The van der Waals surface area contributed by atoms with E-state index in [0.717, 1.165) is 0 Å². The molecule has 2 rings (SSSR count). The van der Waals surface area contributed by atoms with E-state index in [1.165, 1.54) is 24.3 Å². The predicted molar refractivity (Wildman–Crippen MR) is 92.0 cm³/mol. The first-order chi connectivity index (χ1) is 10.9. The zero-order chi connectivity index (χ0) is 17.0. The maximum Gasteiger partial charge on any atom is 0.271 e. The lowest BCUT2D eigenvalue weighted by molar-refractivity contribution is -0.384. The molecule has 0 unspecified atom stereocenters. The number of nitrogens with zero attached hydrogens (tertiary/aromatic N) is 1. The van der Waals surface area contributed by atoms with Crippen LogP contribution in [0.25, 0.3) is 6.08 Å². The lowest BCUT2D eigenvalue weighted by Gasteiger charge is -2.06. The van der Waals surface area contributed by atoms with Crippen molar-refractivity contribution >= 4 is 46.6 Å². The molecule has 0 fully saturated rings. The minimum Gasteiger partial charge on any atom is -0.322 e. The summed E-state index contributed by atoms with van der Waals surface area (Å²) in [5.41, 5.74) is 1.53. The van der Waals surface area contributed by atoms with Gasteiger partial charge in [-0.1, -0.05) is 35.3 Å². The molecule has 0 aliphatic heterocycles. The molecule has 1 amide bonds. The summed E-state index contributed by atoms with van der Waals surface area (Å²) in [6.07, 6.45) is 2.76. The standard InChI is InChI=1S/C16H12Cl2N2O3/c1-10-5-6-11(20(22)23)9-15(10)19-16(21)8-7-12-13(17)3-2-4-14(12)18/h2-9H,1H3,(H,19,21)/b8-7+. The molecule has 0 aromatic heterocycles. The highest BCUT2D eigenvalue weighted by Crippen LogP contribution is 2.26. The molecule has 0 aliphatic rings. The van der Waals surface area contributed by atoms with Crippen LogP contribution in [-0.4, -0.2) is 10.8 Å². The maximum atomic E-state index is 12.0. The molecule has 2 aromatic carbocycles. The van der Waals surface area contributed by atoms with Gasteiger partial charge in [0.25, 0.3) is 5.69 Å². The number of nitro groups is 1. The summed E-state index contributed by atoms with van der Waals surface area (Å²) < 4.78 is 0. The molecule has 0 spiro atoms. The largest absolute Gasteiger partial charge is 0.322 e. The average molecular weight is 351 g/mol. The number of non-ortho nitro benzene ring substituents is 1. The van der Waals surface area contributed by atoms with Gasteiger partial charge in [0, 0.05) is 33.8 Å². The third-order valence-corrected chi connectivity index (χ3v) is 3.75. The Hall–Kier alpha value is -2.37. The van der Waals surface area contributed by atoms with Crippen LogP contribution >= 0.6 is 23.2 Å². The smallest absolute Gasteiger partial charge is 0.271 e. The minimum atomic E-state index is -0.519. The Kier molecular flexibility index (Phi) is 5.36. The third kappa shape index (κ3) is 4.31. The van der Waals surface area contributed by atoms with Crippen molar-refractivity contribution < 1.29 is 9.72 Å². The lowest BCUT2D eigenvalue weighted by atomic mass is 10.1. The zero-order valence-electron chi connectivity index (χ0n) is 12.0. The van der Waals surface area contributed by atoms with Crippen molar-refractivity contribution in [3.63, 3.8) is 0 Å². The molecule has 0 bridgehead atoms. The Morgan fingerprint density at radius 1 is 1.22 bits per heavy atom. The number of benzene rings is 2. The van der Waals surface area contributed by atoms with Gasteiger partial charge >= 0.3 is 0 Å². The average Bonchev–Trinajstić information content (AvgIpc) is 2.48. The van der Waals surface area contributed by atoms with E-state index in [4.69, 9.17) is 23.2 Å². The van der Waals surface area contributed by atoms with Crippen LogP contribution in [0.1, 0.15) is 11.1 Å². The van der Waals surface area contributed by atoms with Gasteiger partial charge in [0.05, 0.1) is 10.6 Å². The second-order valence-corrected chi connectivity index (χ2v) is 5.53. The number of rotatable bonds is 4. The topological polar surface area (TPSA) is 72.2 Å². The highest BCUT2D eigenvalue weighted by Gasteiger charge is 2.10. The van der Waals surface area contributed by atoms with E-state index in [-0.39, 0.29) is 5.69 Å². The van der Waals surface area contributed by atoms with Crippen molar-refractivity contribution in [2.24, 2.45) is 0 Å². The Morgan fingerprint density at radius 2 is 1.87 bits per heavy atom. The second-order valence-electron chi connectivity index (χ2n) is 4.71. The van der Waals surface area contributed by atoms with Gasteiger partial charge in [0.2, 0.25) is 5.91 Å². The van der Waals surface area contributed by atoms with Gasteiger partial charge in [-0.2, -0.15) is 0 Å². The molecule has 0 heterocycles. The van der Waals surface area contributed by atoms with Crippen LogP contribution in [0.4, 0.5) is 11.4 Å². The highest BCUT2D eigenvalue weighted by molar-refractivity contribution is 6.37. The Balaban J connectivity index is 2.18. The van der Waals surface area contributed by atoms with E-state index in [2.05, 4.69) is 5.32 Å². The summed E-state index contributed by atoms with van der Waals surface area (Å²) in [7, 11) is 0. The Labute approximate surface area is 142 Å². The van der Waals surface area contributed by atoms with Crippen molar-refractivity contribution in [3.05, 3.63) is 73.8 Å². The van der Waals surface area contributed by atoms with E-state index in [1.54, 1.807) is 31.2 Å². The van der Waals surface area contributed by atoms with Crippen LogP contribution in [0.15, 0.2) is 42.5 Å². The van der Waals surface area contributed by atoms with Crippen LogP contribution in [-0.2, 0) is 4.79 Å². The highest BCUT2D eigenvalue weighted by atomic mass is 35.5. The first kappa shape index (κ1) is 17.0. The van der Waals surface area contributed by atoms with Gasteiger partial charge in [-0.3, -0.25) is 14.9 Å². The summed E-state index contributed by atoms with van der Waals surface area (Å²) in [6, 6.07) is 9.29. The van der Waals surface area contributed by atoms with Crippen LogP contribution in [0.3, 0.4) is 0 Å². The van der Waals surface area contributed by atoms with Gasteiger partial charge in [-0.15, -0.1) is 0 Å². The lowest BCUT2D eigenvalue weighted by Crippen LogP contribution is -2.09. The molecule has 23 heavy (non-hydrogen) atoms. The minimum absolute atomic E-state index is 0.0935. The number of aryl methyl sites for hydroxylation is 1. The number of halogens is 2. The van der Waals surface area contributed by atoms with E-state index < -0.39 is 10.8 Å². The van der Waals surface area contributed by atoms with Gasteiger partial charge < -0.3 is 5.32 Å². The molecule has 7 heteroatoms. The summed E-state index contributed by atoms with van der Waals surface area (Å²) in [5, 5.41) is 14.2. The number of amides is 1. The number of nitrogens with one attached hydrogen (secondary N) is 1. The normalized spacial score (nSPS) is 10.7. The fourth-order valence-electron chi connectivity index (χ4n) is 1.86. The molecule has 0 aliphatic carbocycles. The van der Waals surface area contributed by atoms with Crippen LogP contribution in [0, 0.1) is 17.0 Å². The first-order valence-corrected chi connectivity index (χ1v) is 7.32. The molecule has 118 valence electrons. The van der Waals surface area contributed by atoms with Crippen molar-refractivity contribution in [1.82, 2.24) is 0 Å². The molecule has 0 radical (unpaired) electrons. The molecular formula is C16H12Cl2N2O3. The molecular weight excluding hydrogens is 339 g/mol. The molecule has 5 nitrogen and oxygen atoms in total. The summed E-state index contributed by atoms with van der Waals surface area (Å²) in [5.74, 6) is -0.440. The molecule has 1 N–H and O–H groups in total. The number of carbonyl (C=O) groups is 1. The van der Waals surface area contributed by atoms with E-state index in [1.807, 2.05) is 0 Å². The van der Waals surface area contributed by atoms with Gasteiger partial charge in [0.1, 0.15) is 0 Å². The molecule has 0 saturated carbocycles. The van der Waals surface area contributed by atoms with E-state index in [9.17, 15) is 14.9 Å². The number of hydrogen-bond donors (Lipinski definition) is 1. The fourth-order valence-corrected chi connectivity index (χ4v) is 2.39. The number of hydrogen-bond acceptors (Lipinski definition) is 3. The SMILES string of the molecule is Cc1ccc([N+](=O)[O-])cc1NC(=O)/C=C/c1c(Cl)cccc1Cl. The zero-order valence-corrected chi connectivity index (χ0v) is 13.6. The van der Waals surface area contributed by atoms with Crippen LogP contribution in [0.2, 0.25) is 10.0 Å². The monoisotopic (exact) mass is 350 g/mol. The van der Waals surface area contributed by atoms with Crippen molar-refractivity contribution in [2.75, 3.05) is 5.32 Å². The van der Waals surface area contributed by atoms with E-state index in [0.29, 0.717) is 26.9 Å². The molecule has 0 saturated heterocycles. The predicted octanol–water partition coefficient (Wildman–Crippen LogP) is 4.86. The van der Waals surface area contributed by atoms with Crippen molar-refractivity contribution in [3.8, 4) is 0 Å². The van der Waals surface area contributed by atoms with Crippen molar-refractivity contribution in [1.29, 1.82) is 0 Å². The molecule has 0 atom stereocenters. The Morgan fingerprint density at radius 3 is 2.48 bits per heavy atom. The third-order valence-electron chi connectivity index (χ3n) is 3.09. The first-order valence-electron chi connectivity index (χ1n) is 6.56. The van der Waals surface area contributed by atoms with Crippen LogP contribution < -0.4 is 5.32 Å². The summed E-state index contributed by atoms with van der Waals surface area (Å²) in [4.78, 5) is 22.3. The fraction of sp³-hybridized carbons (Fsp3) is 0.0625. The summed E-state index contributed by atoms with van der Waals surface area (Å²) >= 11 is 12.0. The molecule has 2 aromatic rings. The maximum absolute atomic E-state index is 12.0. The quantitative estimate of drug-likeness (QED) is 0.486. The number of anilines is 1.